The number of benzene rings is 7. The van der Waals surface area contributed by atoms with Gasteiger partial charge in [-0.25, -0.2) is 0 Å². The van der Waals surface area contributed by atoms with Gasteiger partial charge in [-0.2, -0.15) is 0 Å². The minimum absolute atomic E-state index is 1.00. The highest BCUT2D eigenvalue weighted by Crippen LogP contribution is 2.47. The first-order chi connectivity index (χ1) is 23.2. The number of rotatable bonds is 9. The summed E-state index contributed by atoms with van der Waals surface area (Å²) in [6.45, 7) is 0. The standard InChI is InChI=1S/C42H31Br2N3/c43-39-25-13-15-27-41(39)46(34-21-9-3-10-22-34)37-29-36(45(32-17-5-1-6-18-32)33-19-7-2-8-20-33)30-38(31-37)47(35-23-11-4-12-24-35)42-28-16-14-26-40(42)44/h1-31H. The van der Waals surface area contributed by atoms with Gasteiger partial charge in [0.15, 0.2) is 0 Å². The number of hydrogen-bond acceptors (Lipinski definition) is 3. The quantitative estimate of drug-likeness (QED) is 0.146. The van der Waals surface area contributed by atoms with E-state index in [4.69, 9.17) is 0 Å². The van der Waals surface area contributed by atoms with Crippen molar-refractivity contribution in [3.63, 3.8) is 0 Å². The van der Waals surface area contributed by atoms with Gasteiger partial charge in [0.1, 0.15) is 0 Å². The van der Waals surface area contributed by atoms with Crippen LogP contribution in [0.3, 0.4) is 0 Å². The summed E-state index contributed by atoms with van der Waals surface area (Å²) in [5, 5.41) is 0. The van der Waals surface area contributed by atoms with Crippen LogP contribution in [0, 0.1) is 0 Å². The van der Waals surface area contributed by atoms with Gasteiger partial charge in [-0.05, 0) is 123 Å². The molecule has 0 unspecified atom stereocenters. The van der Waals surface area contributed by atoms with Crippen LogP contribution in [0.25, 0.3) is 0 Å². The lowest BCUT2D eigenvalue weighted by atomic mass is 10.1. The van der Waals surface area contributed by atoms with Crippen molar-refractivity contribution in [1.82, 2.24) is 0 Å². The van der Waals surface area contributed by atoms with E-state index in [1.54, 1.807) is 0 Å². The molecule has 0 aliphatic heterocycles. The van der Waals surface area contributed by atoms with Crippen molar-refractivity contribution >= 4 is 83.0 Å². The van der Waals surface area contributed by atoms with E-state index in [-0.39, 0.29) is 0 Å². The van der Waals surface area contributed by atoms with Crippen LogP contribution >= 0.6 is 31.9 Å². The van der Waals surface area contributed by atoms with Crippen LogP contribution in [0.2, 0.25) is 0 Å². The van der Waals surface area contributed by atoms with Crippen molar-refractivity contribution in [2.75, 3.05) is 14.7 Å². The summed E-state index contributed by atoms with van der Waals surface area (Å²) in [6, 6.07) is 65.7. The molecule has 0 spiro atoms. The maximum absolute atomic E-state index is 3.87. The third-order valence-corrected chi connectivity index (χ3v) is 9.25. The van der Waals surface area contributed by atoms with E-state index in [0.29, 0.717) is 0 Å². The van der Waals surface area contributed by atoms with E-state index in [1.165, 1.54) is 0 Å². The highest BCUT2D eigenvalue weighted by Gasteiger charge is 2.23. The van der Waals surface area contributed by atoms with Crippen LogP contribution in [0.5, 0.6) is 0 Å². The Morgan fingerprint density at radius 2 is 0.511 bits per heavy atom. The Bertz CT molecular complexity index is 1920. The van der Waals surface area contributed by atoms with Crippen LogP contribution in [0.15, 0.2) is 197 Å². The number of para-hydroxylation sites is 6. The smallest absolute Gasteiger partial charge is 0.0603 e. The minimum atomic E-state index is 1.00. The van der Waals surface area contributed by atoms with Gasteiger partial charge >= 0.3 is 0 Å². The molecule has 0 saturated heterocycles. The number of halogens is 2. The fraction of sp³-hybridized carbons (Fsp3) is 0. The van der Waals surface area contributed by atoms with E-state index in [9.17, 15) is 0 Å². The molecule has 7 rings (SSSR count). The predicted molar refractivity (Wildman–Crippen MR) is 206 cm³/mol. The van der Waals surface area contributed by atoms with Gasteiger partial charge in [-0.15, -0.1) is 0 Å². The SMILES string of the molecule is Brc1ccccc1N(c1ccccc1)c1cc(N(c2ccccc2)c2ccccc2)cc(N(c2ccccc2)c2ccccc2Br)c1. The van der Waals surface area contributed by atoms with Crippen molar-refractivity contribution < 1.29 is 0 Å². The minimum Gasteiger partial charge on any atom is -0.310 e. The molecule has 0 amide bonds. The fourth-order valence-electron chi connectivity index (χ4n) is 5.84. The monoisotopic (exact) mass is 735 g/mol. The van der Waals surface area contributed by atoms with Crippen molar-refractivity contribution in [3.05, 3.63) is 197 Å². The zero-order chi connectivity index (χ0) is 32.0. The molecule has 0 N–H and O–H groups in total. The summed E-state index contributed by atoms with van der Waals surface area (Å²) >= 11 is 7.75. The molecule has 0 aromatic heterocycles. The number of nitrogens with zero attached hydrogens (tertiary/aromatic N) is 3. The Hall–Kier alpha value is -5.10. The summed E-state index contributed by atoms with van der Waals surface area (Å²) in [6.07, 6.45) is 0. The van der Waals surface area contributed by atoms with Crippen molar-refractivity contribution in [1.29, 1.82) is 0 Å². The average molecular weight is 738 g/mol. The zero-order valence-corrected chi connectivity index (χ0v) is 28.7. The topological polar surface area (TPSA) is 9.72 Å². The molecule has 0 aliphatic carbocycles. The van der Waals surface area contributed by atoms with Crippen LogP contribution in [-0.2, 0) is 0 Å². The van der Waals surface area contributed by atoms with Crippen LogP contribution in [0.1, 0.15) is 0 Å². The molecule has 0 fully saturated rings. The lowest BCUT2D eigenvalue weighted by molar-refractivity contribution is 1.22. The van der Waals surface area contributed by atoms with Gasteiger partial charge in [0.05, 0.1) is 28.4 Å². The van der Waals surface area contributed by atoms with Crippen LogP contribution in [0.4, 0.5) is 51.2 Å². The highest BCUT2D eigenvalue weighted by atomic mass is 79.9. The van der Waals surface area contributed by atoms with E-state index in [0.717, 1.165) is 60.1 Å². The third-order valence-electron chi connectivity index (χ3n) is 7.91. The Balaban J connectivity index is 1.55. The van der Waals surface area contributed by atoms with E-state index in [1.807, 2.05) is 0 Å². The molecule has 0 bridgehead atoms. The van der Waals surface area contributed by atoms with Gasteiger partial charge in [0.2, 0.25) is 0 Å². The second kappa shape index (κ2) is 14.1. The van der Waals surface area contributed by atoms with Crippen molar-refractivity contribution in [3.8, 4) is 0 Å². The highest BCUT2D eigenvalue weighted by molar-refractivity contribution is 9.11. The second-order valence-electron chi connectivity index (χ2n) is 11.0. The van der Waals surface area contributed by atoms with Gasteiger partial charge < -0.3 is 14.7 Å². The van der Waals surface area contributed by atoms with Crippen molar-refractivity contribution in [2.24, 2.45) is 0 Å². The molecule has 0 aliphatic rings. The summed E-state index contributed by atoms with van der Waals surface area (Å²) in [5.41, 5.74) is 9.39. The molecule has 228 valence electrons. The molecule has 0 saturated carbocycles. The van der Waals surface area contributed by atoms with Crippen LogP contribution in [-0.4, -0.2) is 0 Å². The van der Waals surface area contributed by atoms with Crippen molar-refractivity contribution in [2.45, 2.75) is 0 Å². The summed E-state index contributed by atoms with van der Waals surface area (Å²) in [7, 11) is 0. The van der Waals surface area contributed by atoms with Crippen LogP contribution < -0.4 is 14.7 Å². The first-order valence-electron chi connectivity index (χ1n) is 15.4. The first kappa shape index (κ1) is 30.5. The lowest BCUT2D eigenvalue weighted by Crippen LogP contribution is -2.16. The Kier molecular flexibility index (Phi) is 9.18. The van der Waals surface area contributed by atoms with Gasteiger partial charge in [-0.1, -0.05) is 97.1 Å². The first-order valence-corrected chi connectivity index (χ1v) is 17.0. The Morgan fingerprint density at radius 3 is 0.830 bits per heavy atom. The molecule has 0 heterocycles. The molecule has 7 aromatic carbocycles. The summed E-state index contributed by atoms with van der Waals surface area (Å²) in [4.78, 5) is 6.95. The van der Waals surface area contributed by atoms with E-state index < -0.39 is 0 Å². The molecular formula is C42H31Br2N3. The molecule has 47 heavy (non-hydrogen) atoms. The number of anilines is 9. The molecular weight excluding hydrogens is 706 g/mol. The largest absolute Gasteiger partial charge is 0.310 e. The average Bonchev–Trinajstić information content (AvgIpc) is 3.12. The van der Waals surface area contributed by atoms with Gasteiger partial charge in [0, 0.05) is 31.7 Å². The zero-order valence-electron chi connectivity index (χ0n) is 25.5. The van der Waals surface area contributed by atoms with E-state index >= 15 is 0 Å². The molecule has 3 nitrogen and oxygen atoms in total. The number of hydrogen-bond donors (Lipinski definition) is 0. The van der Waals surface area contributed by atoms with Gasteiger partial charge in [0.25, 0.3) is 0 Å². The maximum Gasteiger partial charge on any atom is 0.0603 e. The predicted octanol–water partition coefficient (Wildman–Crippen LogP) is 13.6. The summed E-state index contributed by atoms with van der Waals surface area (Å²) in [5.74, 6) is 0. The Morgan fingerprint density at radius 1 is 0.255 bits per heavy atom. The van der Waals surface area contributed by atoms with Gasteiger partial charge in [-0.3, -0.25) is 0 Å². The molecule has 5 heteroatoms. The fourth-order valence-corrected chi connectivity index (χ4v) is 6.77. The summed E-state index contributed by atoms with van der Waals surface area (Å²) < 4.78 is 2.01. The normalized spacial score (nSPS) is 10.8. The third kappa shape index (κ3) is 6.59. The second-order valence-corrected chi connectivity index (χ2v) is 12.7. The Labute approximate surface area is 293 Å². The molecule has 0 radical (unpaired) electrons. The van der Waals surface area contributed by atoms with E-state index in [2.05, 4.69) is 235 Å². The molecule has 7 aromatic rings. The lowest BCUT2D eigenvalue weighted by Gasteiger charge is -2.33. The molecule has 0 atom stereocenters. The maximum atomic E-state index is 3.87.